The van der Waals surface area contributed by atoms with Gasteiger partial charge < -0.3 is 19.9 Å². The summed E-state index contributed by atoms with van der Waals surface area (Å²) in [4.78, 5) is 21.2. The summed E-state index contributed by atoms with van der Waals surface area (Å²) in [7, 11) is -3.22. The van der Waals surface area contributed by atoms with E-state index in [9.17, 15) is 13.2 Å². The fraction of sp³-hybridized carbons (Fsp3) is 0.600. The van der Waals surface area contributed by atoms with Crippen LogP contribution in [0.1, 0.15) is 31.9 Å². The fourth-order valence-electron chi connectivity index (χ4n) is 3.64. The van der Waals surface area contributed by atoms with Gasteiger partial charge in [-0.15, -0.1) is 24.0 Å². The molecule has 1 atom stereocenters. The number of benzene rings is 1. The molecule has 2 aliphatic rings. The van der Waals surface area contributed by atoms with Gasteiger partial charge in [0.1, 0.15) is 5.60 Å². The van der Waals surface area contributed by atoms with Crippen molar-refractivity contribution in [2.75, 3.05) is 32.4 Å². The Kier molecular flexibility index (Phi) is 7.65. The lowest BCUT2D eigenvalue weighted by Crippen LogP contribution is -2.57. The SMILES string of the molecule is Cc1cc(CNC2=NCC3CN(C(=O)OC(C)(C)C)CCN23)ccc1S(C)(=O)=O.I. The first-order valence-electron chi connectivity index (χ1n) is 9.76. The highest BCUT2D eigenvalue weighted by atomic mass is 127. The van der Waals surface area contributed by atoms with Crippen LogP contribution in [0.3, 0.4) is 0 Å². The van der Waals surface area contributed by atoms with Gasteiger partial charge in [0.25, 0.3) is 0 Å². The molecule has 0 aliphatic carbocycles. The van der Waals surface area contributed by atoms with Crippen molar-refractivity contribution < 1.29 is 17.9 Å². The molecule has 30 heavy (non-hydrogen) atoms. The molecule has 1 amide bonds. The van der Waals surface area contributed by atoms with Crippen molar-refractivity contribution >= 4 is 45.9 Å². The Hall–Kier alpha value is -1.56. The van der Waals surface area contributed by atoms with Crippen LogP contribution in [0.4, 0.5) is 4.79 Å². The summed E-state index contributed by atoms with van der Waals surface area (Å²) in [5, 5.41) is 3.36. The molecule has 2 aliphatic heterocycles. The molecule has 0 spiro atoms. The lowest BCUT2D eigenvalue weighted by Gasteiger charge is -2.39. The summed E-state index contributed by atoms with van der Waals surface area (Å²) in [6, 6.07) is 5.51. The second kappa shape index (κ2) is 9.29. The van der Waals surface area contributed by atoms with Gasteiger partial charge in [-0.05, 0) is 44.9 Å². The minimum atomic E-state index is -3.22. The van der Waals surface area contributed by atoms with E-state index in [1.54, 1.807) is 17.9 Å². The first-order chi connectivity index (χ1) is 13.4. The molecule has 1 unspecified atom stereocenters. The highest BCUT2D eigenvalue weighted by molar-refractivity contribution is 14.0. The van der Waals surface area contributed by atoms with Crippen LogP contribution in [-0.4, -0.2) is 74.3 Å². The number of guanidine groups is 1. The number of aliphatic imine (C=N–C) groups is 1. The van der Waals surface area contributed by atoms with Crippen LogP contribution in [-0.2, 0) is 21.1 Å². The smallest absolute Gasteiger partial charge is 0.410 e. The number of halogens is 1. The molecule has 1 aromatic rings. The molecule has 0 radical (unpaired) electrons. The summed E-state index contributed by atoms with van der Waals surface area (Å²) in [5.41, 5.74) is 1.23. The Morgan fingerprint density at radius 2 is 2.00 bits per heavy atom. The van der Waals surface area contributed by atoms with Crippen LogP contribution in [0.25, 0.3) is 0 Å². The summed E-state index contributed by atoms with van der Waals surface area (Å²) in [5.74, 6) is 0.823. The van der Waals surface area contributed by atoms with E-state index in [4.69, 9.17) is 4.74 Å². The number of amides is 1. The van der Waals surface area contributed by atoms with Gasteiger partial charge in [0.15, 0.2) is 15.8 Å². The molecule has 1 saturated heterocycles. The van der Waals surface area contributed by atoms with Gasteiger partial charge in [0.05, 0.1) is 17.5 Å². The molecule has 168 valence electrons. The Bertz CT molecular complexity index is 927. The van der Waals surface area contributed by atoms with Crippen LogP contribution in [0.5, 0.6) is 0 Å². The van der Waals surface area contributed by atoms with E-state index in [0.717, 1.165) is 17.1 Å². The van der Waals surface area contributed by atoms with E-state index in [1.165, 1.54) is 6.26 Å². The molecule has 3 rings (SSSR count). The summed E-state index contributed by atoms with van der Waals surface area (Å²) >= 11 is 0. The number of rotatable bonds is 3. The number of nitrogens with one attached hydrogen (secondary N) is 1. The maximum Gasteiger partial charge on any atom is 0.410 e. The van der Waals surface area contributed by atoms with Crippen molar-refractivity contribution in [3.63, 3.8) is 0 Å². The third kappa shape index (κ3) is 5.99. The van der Waals surface area contributed by atoms with Gasteiger partial charge in [0.2, 0.25) is 0 Å². The number of fused-ring (bicyclic) bond motifs is 1. The average Bonchev–Trinajstić information content (AvgIpc) is 2.99. The molecular formula is C20H31IN4O4S. The van der Waals surface area contributed by atoms with Crippen molar-refractivity contribution in [3.05, 3.63) is 29.3 Å². The van der Waals surface area contributed by atoms with E-state index in [1.807, 2.05) is 32.9 Å². The van der Waals surface area contributed by atoms with Crippen LogP contribution >= 0.6 is 24.0 Å². The quantitative estimate of drug-likeness (QED) is 0.582. The molecule has 8 nitrogen and oxygen atoms in total. The van der Waals surface area contributed by atoms with E-state index in [2.05, 4.69) is 15.2 Å². The summed E-state index contributed by atoms with van der Waals surface area (Å²) in [6.45, 7) is 10.5. The number of carbonyl (C=O) groups excluding carboxylic acids is 1. The van der Waals surface area contributed by atoms with Gasteiger partial charge in [0, 0.05) is 32.4 Å². The predicted molar refractivity (Wildman–Crippen MR) is 127 cm³/mol. The largest absolute Gasteiger partial charge is 0.444 e. The van der Waals surface area contributed by atoms with Gasteiger partial charge in [-0.3, -0.25) is 4.99 Å². The molecule has 0 bridgehead atoms. The van der Waals surface area contributed by atoms with Gasteiger partial charge in [-0.25, -0.2) is 13.2 Å². The topological polar surface area (TPSA) is 91.3 Å². The normalized spacial score (nSPS) is 19.0. The maximum atomic E-state index is 12.3. The second-order valence-corrected chi connectivity index (χ2v) is 10.6. The molecular weight excluding hydrogens is 519 g/mol. The van der Waals surface area contributed by atoms with Crippen molar-refractivity contribution in [2.45, 2.75) is 50.8 Å². The summed E-state index contributed by atoms with van der Waals surface area (Å²) < 4.78 is 29.0. The number of aryl methyl sites for hydroxylation is 1. The van der Waals surface area contributed by atoms with E-state index < -0.39 is 15.4 Å². The van der Waals surface area contributed by atoms with Gasteiger partial charge >= 0.3 is 6.09 Å². The van der Waals surface area contributed by atoms with Gasteiger partial charge in [-0.1, -0.05) is 12.1 Å². The Labute approximate surface area is 196 Å². The number of hydrogen-bond acceptors (Lipinski definition) is 7. The van der Waals surface area contributed by atoms with E-state index in [0.29, 0.717) is 37.6 Å². The Morgan fingerprint density at radius 3 is 2.60 bits per heavy atom. The monoisotopic (exact) mass is 550 g/mol. The first kappa shape index (κ1) is 24.7. The minimum absolute atomic E-state index is 0. The Balaban J connectivity index is 0.00000320. The summed E-state index contributed by atoms with van der Waals surface area (Å²) in [6.07, 6.45) is 0.942. The zero-order chi connectivity index (χ0) is 21.4. The second-order valence-electron chi connectivity index (χ2n) is 8.66. The maximum absolute atomic E-state index is 12.3. The fourth-order valence-corrected chi connectivity index (χ4v) is 4.60. The zero-order valence-corrected chi connectivity index (χ0v) is 21.3. The molecule has 0 saturated carbocycles. The molecule has 0 aromatic heterocycles. The zero-order valence-electron chi connectivity index (χ0n) is 18.1. The number of ether oxygens (including phenoxy) is 1. The predicted octanol–water partition coefficient (Wildman–Crippen LogP) is 2.40. The minimum Gasteiger partial charge on any atom is -0.444 e. The number of carbonyl (C=O) groups is 1. The van der Waals surface area contributed by atoms with Crippen molar-refractivity contribution in [3.8, 4) is 0 Å². The van der Waals surface area contributed by atoms with Crippen molar-refractivity contribution in [1.29, 1.82) is 0 Å². The van der Waals surface area contributed by atoms with Crippen LogP contribution in [0, 0.1) is 6.92 Å². The third-order valence-corrected chi connectivity index (χ3v) is 6.20. The van der Waals surface area contributed by atoms with E-state index in [-0.39, 0.29) is 36.1 Å². The highest BCUT2D eigenvalue weighted by Crippen LogP contribution is 2.20. The molecule has 1 aromatic carbocycles. The molecule has 10 heteroatoms. The molecule has 1 N–H and O–H groups in total. The van der Waals surface area contributed by atoms with Crippen LogP contribution in [0.2, 0.25) is 0 Å². The van der Waals surface area contributed by atoms with Crippen LogP contribution < -0.4 is 5.32 Å². The number of nitrogens with zero attached hydrogens (tertiary/aromatic N) is 3. The first-order valence-corrected chi connectivity index (χ1v) is 11.7. The van der Waals surface area contributed by atoms with E-state index >= 15 is 0 Å². The molecule has 2 heterocycles. The third-order valence-electron chi connectivity index (χ3n) is 4.95. The highest BCUT2D eigenvalue weighted by Gasteiger charge is 2.36. The Morgan fingerprint density at radius 1 is 1.30 bits per heavy atom. The van der Waals surface area contributed by atoms with Gasteiger partial charge in [-0.2, -0.15) is 0 Å². The van der Waals surface area contributed by atoms with Crippen molar-refractivity contribution in [1.82, 2.24) is 15.1 Å². The number of hydrogen-bond donors (Lipinski definition) is 1. The lowest BCUT2D eigenvalue weighted by molar-refractivity contribution is 0.0137. The molecule has 1 fully saturated rings. The lowest BCUT2D eigenvalue weighted by atomic mass is 10.1. The average molecular weight is 550 g/mol. The number of piperazine rings is 1. The number of sulfone groups is 1. The van der Waals surface area contributed by atoms with Crippen LogP contribution in [0.15, 0.2) is 28.1 Å². The standard InChI is InChI=1S/C20H30N4O4S.HI/c1-14-10-15(6-7-17(14)29(5,26)27)11-21-18-22-12-16-13-23(8-9-24(16)18)19(25)28-20(2,3)4;/h6-7,10,16H,8-9,11-13H2,1-5H3,(H,21,22);1H. The van der Waals surface area contributed by atoms with Crippen molar-refractivity contribution in [2.24, 2.45) is 4.99 Å².